The molecule has 94 valence electrons. The van der Waals surface area contributed by atoms with Crippen LogP contribution in [-0.2, 0) is 6.42 Å². The van der Waals surface area contributed by atoms with Gasteiger partial charge in [0, 0.05) is 30.8 Å². The van der Waals surface area contributed by atoms with E-state index in [0.717, 1.165) is 13.0 Å². The molecule has 1 N–H and O–H groups in total. The first-order chi connectivity index (χ1) is 8.81. The molecule has 2 aromatic rings. The molecule has 1 atom stereocenters. The predicted octanol–water partition coefficient (Wildman–Crippen LogP) is 2.68. The molecular formula is C15H19N3. The highest BCUT2D eigenvalue weighted by atomic mass is 14.9. The second-order valence-electron chi connectivity index (χ2n) is 4.41. The molecule has 0 saturated heterocycles. The van der Waals surface area contributed by atoms with Gasteiger partial charge in [-0.15, -0.1) is 0 Å². The summed E-state index contributed by atoms with van der Waals surface area (Å²) >= 11 is 0. The van der Waals surface area contributed by atoms with Crippen LogP contribution in [0.3, 0.4) is 0 Å². The van der Waals surface area contributed by atoms with Crippen LogP contribution in [0.4, 0.5) is 0 Å². The first-order valence-electron chi connectivity index (χ1n) is 6.34. The Bertz CT molecular complexity index is 482. The fourth-order valence-corrected chi connectivity index (χ4v) is 2.17. The normalized spacial score (nSPS) is 12.3. The number of aromatic nitrogens is 2. The third-order valence-electron chi connectivity index (χ3n) is 3.05. The molecule has 3 heteroatoms. The summed E-state index contributed by atoms with van der Waals surface area (Å²) in [5.74, 6) is 0. The maximum absolute atomic E-state index is 4.17. The molecule has 0 aliphatic rings. The molecule has 0 spiro atoms. The van der Waals surface area contributed by atoms with Crippen molar-refractivity contribution < 1.29 is 0 Å². The molecule has 3 nitrogen and oxygen atoms in total. The predicted molar refractivity (Wildman–Crippen MR) is 73.3 cm³/mol. The van der Waals surface area contributed by atoms with Gasteiger partial charge in [-0.3, -0.25) is 9.97 Å². The van der Waals surface area contributed by atoms with E-state index in [1.807, 2.05) is 30.9 Å². The minimum absolute atomic E-state index is 0.321. The smallest absolute Gasteiger partial charge is 0.0365 e. The number of aryl methyl sites for hydroxylation is 1. The van der Waals surface area contributed by atoms with E-state index in [0.29, 0.717) is 6.04 Å². The number of pyridine rings is 2. The molecule has 0 aliphatic heterocycles. The van der Waals surface area contributed by atoms with Crippen molar-refractivity contribution in [3.05, 3.63) is 59.7 Å². The van der Waals surface area contributed by atoms with E-state index in [1.54, 1.807) is 0 Å². The standard InChI is InChI=1S/C15H19N3/c1-3-18-15(9-13-5-4-7-16-11-13)14-6-8-17-10-12(14)2/h4-8,10-11,15,18H,3,9H2,1-2H3. The highest BCUT2D eigenvalue weighted by molar-refractivity contribution is 5.27. The van der Waals surface area contributed by atoms with Gasteiger partial charge in [-0.05, 0) is 48.7 Å². The van der Waals surface area contributed by atoms with E-state index in [4.69, 9.17) is 0 Å². The number of hydrogen-bond acceptors (Lipinski definition) is 3. The summed E-state index contributed by atoms with van der Waals surface area (Å²) < 4.78 is 0. The van der Waals surface area contributed by atoms with Gasteiger partial charge in [-0.1, -0.05) is 13.0 Å². The van der Waals surface area contributed by atoms with Gasteiger partial charge < -0.3 is 5.32 Å². The quantitative estimate of drug-likeness (QED) is 0.874. The second kappa shape index (κ2) is 6.26. The molecule has 18 heavy (non-hydrogen) atoms. The van der Waals surface area contributed by atoms with Gasteiger partial charge in [-0.2, -0.15) is 0 Å². The van der Waals surface area contributed by atoms with Crippen molar-refractivity contribution in [3.8, 4) is 0 Å². The van der Waals surface area contributed by atoms with Gasteiger partial charge in [0.2, 0.25) is 0 Å². The monoisotopic (exact) mass is 241 g/mol. The number of rotatable bonds is 5. The Morgan fingerprint density at radius 3 is 2.67 bits per heavy atom. The van der Waals surface area contributed by atoms with Crippen LogP contribution in [0, 0.1) is 6.92 Å². The van der Waals surface area contributed by atoms with Crippen LogP contribution in [0.1, 0.15) is 29.7 Å². The lowest BCUT2D eigenvalue weighted by atomic mass is 9.97. The molecule has 0 fully saturated rings. The molecule has 0 aliphatic carbocycles. The largest absolute Gasteiger partial charge is 0.310 e. The Kier molecular flexibility index (Phi) is 4.42. The Labute approximate surface area is 108 Å². The summed E-state index contributed by atoms with van der Waals surface area (Å²) in [5, 5.41) is 3.53. The number of likely N-dealkylation sites (N-methyl/N-ethyl adjacent to an activating group) is 1. The zero-order chi connectivity index (χ0) is 12.8. The zero-order valence-electron chi connectivity index (χ0n) is 10.9. The molecular weight excluding hydrogens is 222 g/mol. The molecule has 0 saturated carbocycles. The topological polar surface area (TPSA) is 37.8 Å². The Hall–Kier alpha value is -1.74. The molecule has 0 amide bonds. The van der Waals surface area contributed by atoms with E-state index in [1.165, 1.54) is 16.7 Å². The maximum Gasteiger partial charge on any atom is 0.0365 e. The van der Waals surface area contributed by atoms with Crippen molar-refractivity contribution in [1.29, 1.82) is 0 Å². The maximum atomic E-state index is 4.17. The van der Waals surface area contributed by atoms with Crippen LogP contribution in [0.15, 0.2) is 43.0 Å². The van der Waals surface area contributed by atoms with E-state index in [2.05, 4.69) is 41.3 Å². The summed E-state index contributed by atoms with van der Waals surface area (Å²) in [5.41, 5.74) is 3.79. The molecule has 2 heterocycles. The van der Waals surface area contributed by atoms with E-state index in [9.17, 15) is 0 Å². The lowest BCUT2D eigenvalue weighted by Gasteiger charge is -2.20. The lowest BCUT2D eigenvalue weighted by Crippen LogP contribution is -2.23. The summed E-state index contributed by atoms with van der Waals surface area (Å²) in [6, 6.07) is 6.52. The van der Waals surface area contributed by atoms with Gasteiger partial charge >= 0.3 is 0 Å². The van der Waals surface area contributed by atoms with Gasteiger partial charge in [-0.25, -0.2) is 0 Å². The molecule has 1 unspecified atom stereocenters. The number of nitrogens with zero attached hydrogens (tertiary/aromatic N) is 2. The first kappa shape index (κ1) is 12.7. The Morgan fingerprint density at radius 2 is 2.00 bits per heavy atom. The van der Waals surface area contributed by atoms with Crippen molar-refractivity contribution in [2.24, 2.45) is 0 Å². The Morgan fingerprint density at radius 1 is 1.17 bits per heavy atom. The Balaban J connectivity index is 2.21. The molecule has 2 rings (SSSR count). The molecule has 0 radical (unpaired) electrons. The SMILES string of the molecule is CCNC(Cc1cccnc1)c1ccncc1C. The fraction of sp³-hybridized carbons (Fsp3) is 0.333. The van der Waals surface area contributed by atoms with E-state index < -0.39 is 0 Å². The van der Waals surface area contributed by atoms with Gasteiger partial charge in [0.05, 0.1) is 0 Å². The summed E-state index contributed by atoms with van der Waals surface area (Å²) in [7, 11) is 0. The van der Waals surface area contributed by atoms with Crippen LogP contribution >= 0.6 is 0 Å². The van der Waals surface area contributed by atoms with Crippen LogP contribution in [0.25, 0.3) is 0 Å². The minimum Gasteiger partial charge on any atom is -0.310 e. The van der Waals surface area contributed by atoms with Gasteiger partial charge in [0.25, 0.3) is 0 Å². The number of hydrogen-bond donors (Lipinski definition) is 1. The van der Waals surface area contributed by atoms with Crippen molar-refractivity contribution in [3.63, 3.8) is 0 Å². The van der Waals surface area contributed by atoms with Gasteiger partial charge in [0.1, 0.15) is 0 Å². The van der Waals surface area contributed by atoms with Crippen molar-refractivity contribution >= 4 is 0 Å². The highest BCUT2D eigenvalue weighted by Gasteiger charge is 2.13. The van der Waals surface area contributed by atoms with Gasteiger partial charge in [0.15, 0.2) is 0 Å². The van der Waals surface area contributed by atoms with Crippen LogP contribution < -0.4 is 5.32 Å². The summed E-state index contributed by atoms with van der Waals surface area (Å²) in [6.45, 7) is 5.19. The lowest BCUT2D eigenvalue weighted by molar-refractivity contribution is 0.546. The van der Waals surface area contributed by atoms with E-state index >= 15 is 0 Å². The summed E-state index contributed by atoms with van der Waals surface area (Å²) in [6.07, 6.45) is 8.47. The second-order valence-corrected chi connectivity index (χ2v) is 4.41. The van der Waals surface area contributed by atoms with Crippen molar-refractivity contribution in [2.75, 3.05) is 6.54 Å². The van der Waals surface area contributed by atoms with Crippen molar-refractivity contribution in [1.82, 2.24) is 15.3 Å². The minimum atomic E-state index is 0.321. The average Bonchev–Trinajstić information content (AvgIpc) is 2.40. The van der Waals surface area contributed by atoms with Crippen molar-refractivity contribution in [2.45, 2.75) is 26.3 Å². The van der Waals surface area contributed by atoms with Crippen LogP contribution in [0.5, 0.6) is 0 Å². The number of nitrogens with one attached hydrogen (secondary N) is 1. The molecule has 2 aromatic heterocycles. The van der Waals surface area contributed by atoms with Crippen LogP contribution in [0.2, 0.25) is 0 Å². The molecule has 0 bridgehead atoms. The third-order valence-corrected chi connectivity index (χ3v) is 3.05. The summed E-state index contributed by atoms with van der Waals surface area (Å²) in [4.78, 5) is 8.33. The highest BCUT2D eigenvalue weighted by Crippen LogP contribution is 2.20. The fourth-order valence-electron chi connectivity index (χ4n) is 2.17. The third kappa shape index (κ3) is 3.14. The average molecular weight is 241 g/mol. The molecule has 0 aromatic carbocycles. The van der Waals surface area contributed by atoms with Crippen LogP contribution in [-0.4, -0.2) is 16.5 Å². The first-order valence-corrected chi connectivity index (χ1v) is 6.34. The van der Waals surface area contributed by atoms with E-state index in [-0.39, 0.29) is 0 Å². The zero-order valence-corrected chi connectivity index (χ0v) is 10.9.